The van der Waals surface area contributed by atoms with Crippen LogP contribution in [-0.4, -0.2) is 43.2 Å². The zero-order chi connectivity index (χ0) is 15.4. The van der Waals surface area contributed by atoms with E-state index < -0.39 is 6.10 Å². The molecule has 1 unspecified atom stereocenters. The Bertz CT molecular complexity index is 487. The Balaban J connectivity index is 2.08. The van der Waals surface area contributed by atoms with E-state index in [4.69, 9.17) is 15.2 Å². The van der Waals surface area contributed by atoms with Crippen molar-refractivity contribution in [2.75, 3.05) is 26.3 Å². The van der Waals surface area contributed by atoms with Crippen molar-refractivity contribution < 1.29 is 14.3 Å². The van der Waals surface area contributed by atoms with Crippen LogP contribution in [0, 0.1) is 13.8 Å². The van der Waals surface area contributed by atoms with E-state index in [1.165, 1.54) is 0 Å². The maximum atomic E-state index is 12.4. The van der Waals surface area contributed by atoms with E-state index in [0.29, 0.717) is 32.8 Å². The molecule has 1 saturated heterocycles. The summed E-state index contributed by atoms with van der Waals surface area (Å²) in [5.74, 6) is 0.793. The highest BCUT2D eigenvalue weighted by Gasteiger charge is 2.24. The van der Waals surface area contributed by atoms with Gasteiger partial charge in [0.2, 0.25) is 0 Å². The molecule has 2 N–H and O–H groups in total. The molecule has 1 atom stereocenters. The second-order valence-electron chi connectivity index (χ2n) is 5.46. The summed E-state index contributed by atoms with van der Waals surface area (Å²) < 4.78 is 11.2. The highest BCUT2D eigenvalue weighted by Crippen LogP contribution is 2.26. The van der Waals surface area contributed by atoms with Gasteiger partial charge < -0.3 is 20.1 Å². The topological polar surface area (TPSA) is 64.8 Å². The fraction of sp³-hybridized carbons (Fsp3) is 0.562. The van der Waals surface area contributed by atoms with E-state index in [-0.39, 0.29) is 5.91 Å². The molecule has 116 valence electrons. The van der Waals surface area contributed by atoms with Gasteiger partial charge in [-0.05, 0) is 37.5 Å². The number of aryl methyl sites for hydroxylation is 2. The molecule has 0 radical (unpaired) electrons. The van der Waals surface area contributed by atoms with Gasteiger partial charge in [0.15, 0.2) is 6.10 Å². The Morgan fingerprint density at radius 3 is 2.43 bits per heavy atom. The molecule has 21 heavy (non-hydrogen) atoms. The minimum absolute atomic E-state index is 0.0139. The van der Waals surface area contributed by atoms with Gasteiger partial charge in [-0.3, -0.25) is 4.79 Å². The summed E-state index contributed by atoms with van der Waals surface area (Å²) >= 11 is 0. The molecule has 1 amide bonds. The molecule has 1 fully saturated rings. The average Bonchev–Trinajstić information content (AvgIpc) is 2.50. The predicted molar refractivity (Wildman–Crippen MR) is 81.3 cm³/mol. The number of hydrogen-bond acceptors (Lipinski definition) is 4. The second-order valence-corrected chi connectivity index (χ2v) is 5.46. The summed E-state index contributed by atoms with van der Waals surface area (Å²) in [5.41, 5.74) is 8.77. The van der Waals surface area contributed by atoms with Crippen LogP contribution in [-0.2, 0) is 16.1 Å². The molecule has 0 aliphatic carbocycles. The molecule has 0 aromatic heterocycles. The lowest BCUT2D eigenvalue weighted by Crippen LogP contribution is -2.46. The minimum Gasteiger partial charge on any atom is -0.480 e. The Morgan fingerprint density at radius 1 is 1.33 bits per heavy atom. The molecule has 0 bridgehead atoms. The van der Waals surface area contributed by atoms with Crippen molar-refractivity contribution >= 4 is 5.91 Å². The molecule has 1 aliphatic rings. The number of nitrogens with zero attached hydrogens (tertiary/aromatic N) is 1. The lowest BCUT2D eigenvalue weighted by molar-refractivity contribution is -0.142. The molecule has 1 aromatic rings. The van der Waals surface area contributed by atoms with Crippen molar-refractivity contribution in [2.24, 2.45) is 5.73 Å². The summed E-state index contributed by atoms with van der Waals surface area (Å²) in [7, 11) is 0. The summed E-state index contributed by atoms with van der Waals surface area (Å²) in [6, 6.07) is 4.02. The van der Waals surface area contributed by atoms with Crippen molar-refractivity contribution in [3.63, 3.8) is 0 Å². The van der Waals surface area contributed by atoms with Gasteiger partial charge in [0.25, 0.3) is 5.91 Å². The summed E-state index contributed by atoms with van der Waals surface area (Å²) in [6.45, 7) is 8.73. The van der Waals surface area contributed by atoms with Crippen LogP contribution >= 0.6 is 0 Å². The lowest BCUT2D eigenvalue weighted by atomic mass is 10.1. The Morgan fingerprint density at radius 2 is 1.90 bits per heavy atom. The second kappa shape index (κ2) is 6.91. The van der Waals surface area contributed by atoms with E-state index >= 15 is 0 Å². The molecule has 2 rings (SSSR count). The Kier molecular flexibility index (Phi) is 5.20. The van der Waals surface area contributed by atoms with E-state index in [1.807, 2.05) is 26.0 Å². The number of ether oxygens (including phenoxy) is 2. The number of nitrogens with two attached hydrogens (primary N) is 1. The SMILES string of the molecule is Cc1cc(CN)cc(C)c1OC(C)C(=O)N1CCOCC1. The molecule has 0 spiro atoms. The Hall–Kier alpha value is -1.59. The van der Waals surface area contributed by atoms with E-state index in [9.17, 15) is 4.79 Å². The standard InChI is InChI=1S/C16H24N2O3/c1-11-8-14(10-17)9-12(2)15(11)21-13(3)16(19)18-4-6-20-7-5-18/h8-9,13H,4-7,10,17H2,1-3H3. The quantitative estimate of drug-likeness (QED) is 0.911. The molecule has 1 aromatic carbocycles. The van der Waals surface area contributed by atoms with Crippen molar-refractivity contribution in [2.45, 2.75) is 33.4 Å². The zero-order valence-electron chi connectivity index (χ0n) is 13.0. The van der Waals surface area contributed by atoms with Crippen LogP contribution in [0.4, 0.5) is 0 Å². The lowest BCUT2D eigenvalue weighted by Gasteiger charge is -2.29. The van der Waals surface area contributed by atoms with Crippen molar-refractivity contribution in [3.05, 3.63) is 28.8 Å². The van der Waals surface area contributed by atoms with Crippen LogP contribution in [0.15, 0.2) is 12.1 Å². The number of carbonyl (C=O) groups excluding carboxylic acids is 1. The summed E-state index contributed by atoms with van der Waals surface area (Å²) in [5, 5.41) is 0. The fourth-order valence-electron chi connectivity index (χ4n) is 2.61. The van der Waals surface area contributed by atoms with E-state index in [2.05, 4.69) is 0 Å². The molecule has 5 heteroatoms. The number of carbonyl (C=O) groups is 1. The number of hydrogen-bond donors (Lipinski definition) is 1. The van der Waals surface area contributed by atoms with Crippen molar-refractivity contribution in [1.29, 1.82) is 0 Å². The number of morpholine rings is 1. The molecule has 1 heterocycles. The van der Waals surface area contributed by atoms with Gasteiger partial charge >= 0.3 is 0 Å². The fourth-order valence-corrected chi connectivity index (χ4v) is 2.61. The molecule has 1 aliphatic heterocycles. The molecular formula is C16H24N2O3. The van der Waals surface area contributed by atoms with Gasteiger partial charge in [0.1, 0.15) is 5.75 Å². The van der Waals surface area contributed by atoms with Crippen molar-refractivity contribution in [1.82, 2.24) is 4.90 Å². The highest BCUT2D eigenvalue weighted by atomic mass is 16.5. The number of amides is 1. The highest BCUT2D eigenvalue weighted by molar-refractivity contribution is 5.81. The predicted octanol–water partition coefficient (Wildman–Crippen LogP) is 1.39. The van der Waals surface area contributed by atoms with Gasteiger partial charge in [-0.1, -0.05) is 12.1 Å². The zero-order valence-corrected chi connectivity index (χ0v) is 13.0. The van der Waals surface area contributed by atoms with Gasteiger partial charge in [-0.25, -0.2) is 0 Å². The average molecular weight is 292 g/mol. The third-order valence-electron chi connectivity index (χ3n) is 3.72. The van der Waals surface area contributed by atoms with Gasteiger partial charge in [-0.2, -0.15) is 0 Å². The summed E-state index contributed by atoms with van der Waals surface area (Å²) in [6.07, 6.45) is -0.496. The Labute approximate surface area is 126 Å². The van der Waals surface area contributed by atoms with Crippen LogP contribution in [0.1, 0.15) is 23.6 Å². The first-order chi connectivity index (χ1) is 10.0. The normalized spacial score (nSPS) is 16.7. The maximum Gasteiger partial charge on any atom is 0.263 e. The first-order valence-electron chi connectivity index (χ1n) is 7.36. The van der Waals surface area contributed by atoms with Gasteiger partial charge in [-0.15, -0.1) is 0 Å². The molecule has 0 saturated carbocycles. The number of rotatable bonds is 4. The van der Waals surface area contributed by atoms with Crippen LogP contribution in [0.2, 0.25) is 0 Å². The first kappa shape index (κ1) is 15.8. The van der Waals surface area contributed by atoms with E-state index in [1.54, 1.807) is 11.8 Å². The largest absolute Gasteiger partial charge is 0.480 e. The maximum absolute atomic E-state index is 12.4. The van der Waals surface area contributed by atoms with Crippen LogP contribution < -0.4 is 10.5 Å². The van der Waals surface area contributed by atoms with Crippen molar-refractivity contribution in [3.8, 4) is 5.75 Å². The first-order valence-corrected chi connectivity index (χ1v) is 7.36. The monoisotopic (exact) mass is 292 g/mol. The minimum atomic E-state index is -0.496. The van der Waals surface area contributed by atoms with Gasteiger partial charge in [0, 0.05) is 19.6 Å². The smallest absolute Gasteiger partial charge is 0.263 e. The van der Waals surface area contributed by atoms with Crippen LogP contribution in [0.3, 0.4) is 0 Å². The number of benzene rings is 1. The molecular weight excluding hydrogens is 268 g/mol. The summed E-state index contributed by atoms with van der Waals surface area (Å²) in [4.78, 5) is 14.2. The molecule has 5 nitrogen and oxygen atoms in total. The van der Waals surface area contributed by atoms with Gasteiger partial charge in [0.05, 0.1) is 13.2 Å². The van der Waals surface area contributed by atoms with Crippen LogP contribution in [0.5, 0.6) is 5.75 Å². The third-order valence-corrected chi connectivity index (χ3v) is 3.72. The van der Waals surface area contributed by atoms with E-state index in [0.717, 1.165) is 22.4 Å². The van der Waals surface area contributed by atoms with Crippen LogP contribution in [0.25, 0.3) is 0 Å². The third kappa shape index (κ3) is 3.74.